The molecule has 0 aromatic rings. The van der Waals surface area contributed by atoms with E-state index in [-0.39, 0.29) is 47.4 Å². The van der Waals surface area contributed by atoms with Crippen LogP contribution >= 0.6 is 24.0 Å². The molecule has 0 radical (unpaired) electrons. The van der Waals surface area contributed by atoms with Crippen LogP contribution in [0.5, 0.6) is 0 Å². The first kappa shape index (κ1) is 27.4. The van der Waals surface area contributed by atoms with E-state index in [9.17, 15) is 4.79 Å². The van der Waals surface area contributed by atoms with Gasteiger partial charge in [-0.3, -0.25) is 14.7 Å². The van der Waals surface area contributed by atoms with Crippen molar-refractivity contribution in [1.29, 1.82) is 0 Å². The van der Waals surface area contributed by atoms with Crippen molar-refractivity contribution >= 4 is 35.8 Å². The lowest BCUT2D eigenvalue weighted by atomic mass is 9.89. The average Bonchev–Trinajstić information content (AvgIpc) is 3.05. The molecule has 8 heteroatoms. The number of rotatable bonds is 9. The lowest BCUT2D eigenvalue weighted by Gasteiger charge is -2.28. The number of hydrogen-bond acceptors (Lipinski definition) is 4. The van der Waals surface area contributed by atoms with E-state index < -0.39 is 0 Å². The van der Waals surface area contributed by atoms with Crippen LogP contribution in [0.25, 0.3) is 0 Å². The molecule has 0 bridgehead atoms. The Morgan fingerprint density at radius 1 is 1.32 bits per heavy atom. The SMILES string of the molecule is CCNC(=NCC(OC)C(C)(C)C)NCCCN1CCCC1C(=O)N(C)C.I. The molecule has 2 unspecified atom stereocenters. The monoisotopic (exact) mass is 511 g/mol. The number of aliphatic imine (C=N–C) groups is 1. The van der Waals surface area contributed by atoms with Gasteiger partial charge in [-0.05, 0) is 38.1 Å². The fourth-order valence-electron chi connectivity index (χ4n) is 3.38. The molecule has 1 fully saturated rings. The third-order valence-electron chi connectivity index (χ3n) is 5.01. The van der Waals surface area contributed by atoms with Gasteiger partial charge in [-0.15, -0.1) is 24.0 Å². The van der Waals surface area contributed by atoms with Gasteiger partial charge in [0, 0.05) is 40.8 Å². The molecular formula is C20H42IN5O2. The first-order valence-corrected chi connectivity index (χ1v) is 10.2. The number of nitrogens with one attached hydrogen (secondary N) is 2. The zero-order valence-electron chi connectivity index (χ0n) is 18.9. The van der Waals surface area contributed by atoms with Crippen LogP contribution in [0.3, 0.4) is 0 Å². The van der Waals surface area contributed by atoms with E-state index in [1.165, 1.54) is 0 Å². The van der Waals surface area contributed by atoms with E-state index >= 15 is 0 Å². The minimum atomic E-state index is 0. The summed E-state index contributed by atoms with van der Waals surface area (Å²) in [5.41, 5.74) is 0.0549. The molecule has 7 nitrogen and oxygen atoms in total. The number of carbonyl (C=O) groups excluding carboxylic acids is 1. The summed E-state index contributed by atoms with van der Waals surface area (Å²) in [6, 6.07) is 0.0520. The molecule has 1 rings (SSSR count). The number of guanidine groups is 1. The van der Waals surface area contributed by atoms with Crippen LogP contribution in [0.15, 0.2) is 4.99 Å². The molecule has 2 atom stereocenters. The van der Waals surface area contributed by atoms with Crippen molar-refractivity contribution in [1.82, 2.24) is 20.4 Å². The second-order valence-corrected chi connectivity index (χ2v) is 8.52. The number of likely N-dealkylation sites (tertiary alicyclic amines) is 1. The smallest absolute Gasteiger partial charge is 0.239 e. The van der Waals surface area contributed by atoms with Crippen LogP contribution in [0, 0.1) is 5.41 Å². The van der Waals surface area contributed by atoms with Gasteiger partial charge in [0.2, 0.25) is 5.91 Å². The van der Waals surface area contributed by atoms with Gasteiger partial charge >= 0.3 is 0 Å². The van der Waals surface area contributed by atoms with Crippen molar-refractivity contribution < 1.29 is 9.53 Å². The van der Waals surface area contributed by atoms with E-state index in [0.29, 0.717) is 6.54 Å². The molecule has 28 heavy (non-hydrogen) atoms. The van der Waals surface area contributed by atoms with Gasteiger partial charge in [-0.25, -0.2) is 0 Å². The Bertz CT molecular complexity index is 480. The number of halogens is 1. The topological polar surface area (TPSA) is 69.2 Å². The number of likely N-dealkylation sites (N-methyl/N-ethyl adjacent to an activating group) is 1. The maximum Gasteiger partial charge on any atom is 0.239 e. The summed E-state index contributed by atoms with van der Waals surface area (Å²) in [7, 11) is 5.42. The van der Waals surface area contributed by atoms with Crippen molar-refractivity contribution in [2.45, 2.75) is 59.1 Å². The number of carbonyl (C=O) groups is 1. The minimum Gasteiger partial charge on any atom is -0.379 e. The number of amides is 1. The third-order valence-corrected chi connectivity index (χ3v) is 5.01. The molecule has 166 valence electrons. The Kier molecular flexibility index (Phi) is 13.3. The van der Waals surface area contributed by atoms with Crippen LogP contribution in [-0.2, 0) is 9.53 Å². The van der Waals surface area contributed by atoms with Crippen molar-refractivity contribution in [3.63, 3.8) is 0 Å². The first-order chi connectivity index (χ1) is 12.7. The molecule has 0 aromatic carbocycles. The molecule has 1 saturated heterocycles. The summed E-state index contributed by atoms with van der Waals surface area (Å²) in [5, 5.41) is 6.70. The third kappa shape index (κ3) is 9.26. The number of hydrogen-bond donors (Lipinski definition) is 2. The highest BCUT2D eigenvalue weighted by Crippen LogP contribution is 2.22. The van der Waals surface area contributed by atoms with Crippen LogP contribution in [0.1, 0.15) is 47.0 Å². The first-order valence-electron chi connectivity index (χ1n) is 10.2. The fraction of sp³-hybridized carbons (Fsp3) is 0.900. The van der Waals surface area contributed by atoms with Crippen LogP contribution in [-0.4, -0.2) is 87.7 Å². The Hall–Kier alpha value is -0.610. The van der Waals surface area contributed by atoms with Gasteiger partial charge in [0.15, 0.2) is 5.96 Å². The zero-order chi connectivity index (χ0) is 20.4. The Morgan fingerprint density at radius 3 is 2.54 bits per heavy atom. The second-order valence-electron chi connectivity index (χ2n) is 8.52. The molecule has 1 aliphatic heterocycles. The normalized spacial score (nSPS) is 19.1. The highest BCUT2D eigenvalue weighted by atomic mass is 127. The van der Waals surface area contributed by atoms with E-state index in [1.54, 1.807) is 12.0 Å². The van der Waals surface area contributed by atoms with Gasteiger partial charge in [0.05, 0.1) is 18.7 Å². The maximum atomic E-state index is 12.3. The summed E-state index contributed by atoms with van der Waals surface area (Å²) in [6.07, 6.45) is 3.14. The van der Waals surface area contributed by atoms with Gasteiger partial charge in [-0.1, -0.05) is 20.8 Å². The quantitative estimate of drug-likeness (QED) is 0.215. The van der Waals surface area contributed by atoms with E-state index in [0.717, 1.165) is 51.4 Å². The Morgan fingerprint density at radius 2 is 2.00 bits per heavy atom. The van der Waals surface area contributed by atoms with Crippen molar-refractivity contribution in [3.05, 3.63) is 0 Å². The minimum absolute atomic E-state index is 0. The molecule has 1 heterocycles. The summed E-state index contributed by atoms with van der Waals surface area (Å²) in [4.78, 5) is 21.0. The zero-order valence-corrected chi connectivity index (χ0v) is 21.2. The lowest BCUT2D eigenvalue weighted by molar-refractivity contribution is -0.133. The molecule has 1 amide bonds. The van der Waals surface area contributed by atoms with Crippen molar-refractivity contribution in [2.75, 3.05) is 53.9 Å². The highest BCUT2D eigenvalue weighted by Gasteiger charge is 2.31. The molecule has 0 aliphatic carbocycles. The van der Waals surface area contributed by atoms with E-state index in [4.69, 9.17) is 4.74 Å². The fourth-order valence-corrected chi connectivity index (χ4v) is 3.38. The average molecular weight is 511 g/mol. The van der Waals surface area contributed by atoms with Crippen LogP contribution < -0.4 is 10.6 Å². The Balaban J connectivity index is 0.00000729. The predicted octanol–water partition coefficient (Wildman–Crippen LogP) is 2.16. The summed E-state index contributed by atoms with van der Waals surface area (Å²) in [5.74, 6) is 1.05. The molecule has 0 spiro atoms. The van der Waals surface area contributed by atoms with Crippen molar-refractivity contribution in [2.24, 2.45) is 10.4 Å². The predicted molar refractivity (Wildman–Crippen MR) is 128 cm³/mol. The lowest BCUT2D eigenvalue weighted by Crippen LogP contribution is -2.44. The molecule has 0 aromatic heterocycles. The van der Waals surface area contributed by atoms with E-state index in [2.05, 4.69) is 48.2 Å². The van der Waals surface area contributed by atoms with E-state index in [1.807, 2.05) is 14.1 Å². The van der Waals surface area contributed by atoms with Gasteiger partial charge < -0.3 is 20.3 Å². The van der Waals surface area contributed by atoms with Crippen LogP contribution in [0.4, 0.5) is 0 Å². The molecule has 0 saturated carbocycles. The van der Waals surface area contributed by atoms with Crippen molar-refractivity contribution in [3.8, 4) is 0 Å². The highest BCUT2D eigenvalue weighted by molar-refractivity contribution is 14.0. The Labute approximate surface area is 189 Å². The summed E-state index contributed by atoms with van der Waals surface area (Å²) < 4.78 is 5.58. The van der Waals surface area contributed by atoms with Crippen LogP contribution in [0.2, 0.25) is 0 Å². The summed E-state index contributed by atoms with van der Waals surface area (Å²) >= 11 is 0. The molecule has 2 N–H and O–H groups in total. The number of nitrogens with zero attached hydrogens (tertiary/aromatic N) is 3. The molecular weight excluding hydrogens is 469 g/mol. The van der Waals surface area contributed by atoms with Gasteiger partial charge in [0.1, 0.15) is 0 Å². The largest absolute Gasteiger partial charge is 0.379 e. The number of methoxy groups -OCH3 is 1. The standard InChI is InChI=1S/C20H41N5O2.HI/c1-8-21-19(23-15-17(27-7)20(2,3)4)22-12-10-14-25-13-9-11-16(25)18(26)24(5)6;/h16-17H,8-15H2,1-7H3,(H2,21,22,23);1H. The summed E-state index contributed by atoms with van der Waals surface area (Å²) in [6.45, 7) is 12.8. The number of ether oxygens (including phenoxy) is 1. The molecule has 1 aliphatic rings. The van der Waals surface area contributed by atoms with Gasteiger partial charge in [-0.2, -0.15) is 0 Å². The van der Waals surface area contributed by atoms with Gasteiger partial charge in [0.25, 0.3) is 0 Å². The second kappa shape index (κ2) is 13.6. The maximum absolute atomic E-state index is 12.3.